The van der Waals surface area contributed by atoms with Crippen LogP contribution >= 0.6 is 11.6 Å². The molecule has 7 heteroatoms. The van der Waals surface area contributed by atoms with Gasteiger partial charge in [0.15, 0.2) is 0 Å². The number of rotatable bonds is 1. The zero-order valence-electron chi connectivity index (χ0n) is 7.52. The Kier molecular flexibility index (Phi) is 3.18. The SMILES string of the molecule is Cc1nc(Cl)ccc1NC(=O)C(F)(F)F. The first kappa shape index (κ1) is 11.8. The van der Waals surface area contributed by atoms with Gasteiger partial charge in [-0.25, -0.2) is 4.98 Å². The Bertz CT molecular complexity index is 392. The van der Waals surface area contributed by atoms with Crippen LogP contribution in [0, 0.1) is 6.92 Å². The lowest BCUT2D eigenvalue weighted by molar-refractivity contribution is -0.167. The fraction of sp³-hybridized carbons (Fsp3) is 0.250. The third-order valence-electron chi connectivity index (χ3n) is 1.56. The predicted molar refractivity (Wildman–Crippen MR) is 48.7 cm³/mol. The highest BCUT2D eigenvalue weighted by molar-refractivity contribution is 6.29. The van der Waals surface area contributed by atoms with Crippen molar-refractivity contribution >= 4 is 23.2 Å². The van der Waals surface area contributed by atoms with E-state index in [4.69, 9.17) is 11.6 Å². The first-order valence-electron chi connectivity index (χ1n) is 3.82. The van der Waals surface area contributed by atoms with Crippen LogP contribution in [0.3, 0.4) is 0 Å². The van der Waals surface area contributed by atoms with Crippen LogP contribution in [0.15, 0.2) is 12.1 Å². The second-order valence-electron chi connectivity index (χ2n) is 2.72. The zero-order valence-corrected chi connectivity index (χ0v) is 8.28. The Hall–Kier alpha value is -1.30. The number of carbonyl (C=O) groups excluding carboxylic acids is 1. The normalized spacial score (nSPS) is 11.3. The van der Waals surface area contributed by atoms with E-state index in [1.807, 2.05) is 0 Å². The Morgan fingerprint density at radius 1 is 1.47 bits per heavy atom. The van der Waals surface area contributed by atoms with E-state index >= 15 is 0 Å². The van der Waals surface area contributed by atoms with E-state index < -0.39 is 12.1 Å². The van der Waals surface area contributed by atoms with Gasteiger partial charge in [0.25, 0.3) is 0 Å². The third-order valence-corrected chi connectivity index (χ3v) is 1.77. The van der Waals surface area contributed by atoms with Gasteiger partial charge in [-0.2, -0.15) is 13.2 Å². The minimum absolute atomic E-state index is 0.0123. The lowest BCUT2D eigenvalue weighted by atomic mass is 10.3. The summed E-state index contributed by atoms with van der Waals surface area (Å²) in [6.45, 7) is 1.44. The Morgan fingerprint density at radius 2 is 2.07 bits per heavy atom. The second kappa shape index (κ2) is 4.06. The van der Waals surface area contributed by atoms with E-state index in [0.717, 1.165) is 0 Å². The number of nitrogens with one attached hydrogen (secondary N) is 1. The molecule has 0 radical (unpaired) electrons. The van der Waals surface area contributed by atoms with Gasteiger partial charge < -0.3 is 5.32 Å². The van der Waals surface area contributed by atoms with E-state index in [0.29, 0.717) is 0 Å². The molecule has 15 heavy (non-hydrogen) atoms. The van der Waals surface area contributed by atoms with Crippen molar-refractivity contribution in [3.8, 4) is 0 Å². The molecule has 82 valence electrons. The number of carbonyl (C=O) groups is 1. The molecule has 0 aliphatic rings. The van der Waals surface area contributed by atoms with Crippen LogP contribution < -0.4 is 5.32 Å². The Labute approximate surface area is 88.3 Å². The molecule has 1 N–H and O–H groups in total. The van der Waals surface area contributed by atoms with Gasteiger partial charge >= 0.3 is 12.1 Å². The number of amides is 1. The van der Waals surface area contributed by atoms with Crippen LogP contribution in [0.25, 0.3) is 0 Å². The van der Waals surface area contributed by atoms with Crippen molar-refractivity contribution in [2.24, 2.45) is 0 Å². The van der Waals surface area contributed by atoms with E-state index in [2.05, 4.69) is 4.98 Å². The summed E-state index contributed by atoms with van der Waals surface area (Å²) < 4.78 is 35.7. The van der Waals surface area contributed by atoms with Gasteiger partial charge in [-0.05, 0) is 19.1 Å². The van der Waals surface area contributed by atoms with Crippen molar-refractivity contribution < 1.29 is 18.0 Å². The summed E-state index contributed by atoms with van der Waals surface area (Å²) in [5, 5.41) is 1.84. The molecule has 0 aliphatic carbocycles. The van der Waals surface area contributed by atoms with Gasteiger partial charge in [0.05, 0.1) is 11.4 Å². The molecular weight excluding hydrogens is 233 g/mol. The molecule has 0 bridgehead atoms. The van der Waals surface area contributed by atoms with E-state index in [-0.39, 0.29) is 16.5 Å². The zero-order chi connectivity index (χ0) is 11.6. The number of hydrogen-bond donors (Lipinski definition) is 1. The van der Waals surface area contributed by atoms with E-state index in [9.17, 15) is 18.0 Å². The molecule has 1 aromatic heterocycles. The summed E-state index contributed by atoms with van der Waals surface area (Å²) >= 11 is 5.50. The summed E-state index contributed by atoms with van der Waals surface area (Å²) in [5.41, 5.74) is 0.210. The number of halogens is 4. The molecule has 3 nitrogen and oxygen atoms in total. The Balaban J connectivity index is 2.87. The topological polar surface area (TPSA) is 42.0 Å². The van der Waals surface area contributed by atoms with Crippen LogP contribution in [0.2, 0.25) is 5.15 Å². The second-order valence-corrected chi connectivity index (χ2v) is 3.11. The van der Waals surface area contributed by atoms with Crippen molar-refractivity contribution in [3.63, 3.8) is 0 Å². The van der Waals surface area contributed by atoms with Crippen LogP contribution in [-0.2, 0) is 4.79 Å². The van der Waals surface area contributed by atoms with Gasteiger partial charge in [0.1, 0.15) is 5.15 Å². The van der Waals surface area contributed by atoms with Crippen molar-refractivity contribution in [1.29, 1.82) is 0 Å². The highest BCUT2D eigenvalue weighted by Gasteiger charge is 2.38. The number of anilines is 1. The molecule has 0 aliphatic heterocycles. The number of pyridine rings is 1. The van der Waals surface area contributed by atoms with E-state index in [1.165, 1.54) is 19.1 Å². The first-order valence-corrected chi connectivity index (χ1v) is 4.20. The largest absolute Gasteiger partial charge is 0.471 e. The monoisotopic (exact) mass is 238 g/mol. The lowest BCUT2D eigenvalue weighted by Gasteiger charge is -2.09. The minimum atomic E-state index is -4.91. The van der Waals surface area contributed by atoms with Crippen molar-refractivity contribution in [2.75, 3.05) is 5.32 Å². The highest BCUT2D eigenvalue weighted by Crippen LogP contribution is 2.20. The van der Waals surface area contributed by atoms with Gasteiger partial charge in [-0.15, -0.1) is 0 Å². The first-order chi connectivity index (χ1) is 6.80. The maximum absolute atomic E-state index is 11.9. The molecule has 0 aromatic carbocycles. The van der Waals surface area contributed by atoms with Crippen LogP contribution in [0.5, 0.6) is 0 Å². The molecule has 0 fully saturated rings. The summed E-state index contributed by atoms with van der Waals surface area (Å²) in [5.74, 6) is -2.03. The van der Waals surface area contributed by atoms with Crippen molar-refractivity contribution in [3.05, 3.63) is 23.0 Å². The molecule has 1 rings (SSSR count). The lowest BCUT2D eigenvalue weighted by Crippen LogP contribution is -2.30. The van der Waals surface area contributed by atoms with Crippen LogP contribution in [0.4, 0.5) is 18.9 Å². The molecular formula is C8H6ClF3N2O. The number of hydrogen-bond acceptors (Lipinski definition) is 2. The van der Waals surface area contributed by atoms with Gasteiger partial charge in [-0.3, -0.25) is 4.79 Å². The molecule has 1 heterocycles. The molecule has 1 amide bonds. The van der Waals surface area contributed by atoms with Crippen LogP contribution in [-0.4, -0.2) is 17.1 Å². The standard InChI is InChI=1S/C8H6ClF3N2O/c1-4-5(2-3-6(9)13-4)14-7(15)8(10,11)12/h2-3H,1H3,(H,14,15). The number of aromatic nitrogens is 1. The number of aryl methyl sites for hydroxylation is 1. The molecule has 0 unspecified atom stereocenters. The quantitative estimate of drug-likeness (QED) is 0.764. The predicted octanol–water partition coefficient (Wildman–Crippen LogP) is 2.54. The maximum atomic E-state index is 11.9. The smallest absolute Gasteiger partial charge is 0.317 e. The molecule has 0 spiro atoms. The molecule has 0 atom stereocenters. The third kappa shape index (κ3) is 3.09. The fourth-order valence-electron chi connectivity index (χ4n) is 0.856. The Morgan fingerprint density at radius 3 is 2.53 bits per heavy atom. The maximum Gasteiger partial charge on any atom is 0.471 e. The van der Waals surface area contributed by atoms with Crippen molar-refractivity contribution in [1.82, 2.24) is 4.98 Å². The summed E-state index contributed by atoms with van der Waals surface area (Å²) in [7, 11) is 0. The van der Waals surface area contributed by atoms with Gasteiger partial charge in [0, 0.05) is 0 Å². The summed E-state index contributed by atoms with van der Waals surface area (Å²) in [6.07, 6.45) is -4.91. The summed E-state index contributed by atoms with van der Waals surface area (Å²) in [4.78, 5) is 14.3. The fourth-order valence-corrected chi connectivity index (χ4v) is 1.05. The van der Waals surface area contributed by atoms with Crippen LogP contribution in [0.1, 0.15) is 5.69 Å². The summed E-state index contributed by atoms with van der Waals surface area (Å²) in [6, 6.07) is 2.55. The molecule has 0 saturated heterocycles. The average molecular weight is 239 g/mol. The average Bonchev–Trinajstić information content (AvgIpc) is 2.08. The molecule has 1 aromatic rings. The molecule has 0 saturated carbocycles. The van der Waals surface area contributed by atoms with Gasteiger partial charge in [-0.1, -0.05) is 11.6 Å². The number of nitrogens with zero attached hydrogens (tertiary/aromatic N) is 1. The number of alkyl halides is 3. The van der Waals surface area contributed by atoms with E-state index in [1.54, 1.807) is 5.32 Å². The minimum Gasteiger partial charge on any atom is -0.317 e. The van der Waals surface area contributed by atoms with Gasteiger partial charge in [0.2, 0.25) is 0 Å². The van der Waals surface area contributed by atoms with Crippen molar-refractivity contribution in [2.45, 2.75) is 13.1 Å². The highest BCUT2D eigenvalue weighted by atomic mass is 35.5.